The second kappa shape index (κ2) is 10.4. The Hall–Kier alpha value is -3.94. The molecule has 0 aliphatic carbocycles. The number of hydrogen-bond donors (Lipinski definition) is 2. The lowest BCUT2D eigenvalue weighted by atomic mass is 10.3. The number of nitrogens with zero attached hydrogens (tertiary/aromatic N) is 2. The topological polar surface area (TPSA) is 102 Å². The van der Waals surface area contributed by atoms with Gasteiger partial charge in [0.25, 0.3) is 5.91 Å². The molecule has 0 saturated carbocycles. The Morgan fingerprint density at radius 3 is 2.28 bits per heavy atom. The molecule has 1 amide bonds. The van der Waals surface area contributed by atoms with Gasteiger partial charge in [0.1, 0.15) is 11.5 Å². The summed E-state index contributed by atoms with van der Waals surface area (Å²) in [4.78, 5) is 31.6. The summed E-state index contributed by atoms with van der Waals surface area (Å²) in [5.74, 6) is 0.891. The van der Waals surface area contributed by atoms with E-state index in [1.165, 1.54) is 0 Å². The number of aromatic nitrogens is 2. The predicted octanol–water partition coefficient (Wildman–Crippen LogP) is 3.25. The summed E-state index contributed by atoms with van der Waals surface area (Å²) in [6.45, 7) is -0.0454. The highest BCUT2D eigenvalue weighted by atomic mass is 16.5. The molecule has 0 spiro atoms. The van der Waals surface area contributed by atoms with Crippen LogP contribution < -0.4 is 15.4 Å². The molecule has 0 saturated heterocycles. The molecule has 29 heavy (non-hydrogen) atoms. The lowest BCUT2D eigenvalue weighted by Gasteiger charge is -2.09. The number of benzene rings is 2. The van der Waals surface area contributed by atoms with Crippen LogP contribution in [-0.2, 0) is 14.3 Å². The highest BCUT2D eigenvalue weighted by Crippen LogP contribution is 2.22. The van der Waals surface area contributed by atoms with E-state index in [1.807, 2.05) is 30.3 Å². The smallest absolute Gasteiger partial charge is 0.308 e. The zero-order valence-electron chi connectivity index (χ0n) is 15.6. The quantitative estimate of drug-likeness (QED) is 0.539. The van der Waals surface area contributed by atoms with Gasteiger partial charge in [-0.3, -0.25) is 9.59 Å². The summed E-state index contributed by atoms with van der Waals surface area (Å²) in [6.07, 6.45) is 3.29. The van der Waals surface area contributed by atoms with Crippen LogP contribution in [0.5, 0.6) is 11.5 Å². The fourth-order valence-electron chi connectivity index (χ4n) is 2.31. The number of hydrogen-bond acceptors (Lipinski definition) is 7. The maximum absolute atomic E-state index is 11.9. The van der Waals surface area contributed by atoms with Gasteiger partial charge in [0, 0.05) is 24.6 Å². The number of para-hydroxylation sites is 1. The molecular weight excluding hydrogens is 372 g/mol. The number of carbonyl (C=O) groups excluding carboxylic acids is 2. The molecule has 0 bridgehead atoms. The number of carbonyl (C=O) groups is 2. The second-order valence-electron chi connectivity index (χ2n) is 5.90. The monoisotopic (exact) mass is 392 g/mol. The van der Waals surface area contributed by atoms with Gasteiger partial charge in [0.2, 0.25) is 5.95 Å². The van der Waals surface area contributed by atoms with Crippen LogP contribution in [0.4, 0.5) is 11.6 Å². The van der Waals surface area contributed by atoms with Crippen LogP contribution >= 0.6 is 0 Å². The molecule has 8 heteroatoms. The molecule has 2 N–H and O–H groups in total. The molecule has 1 heterocycles. The van der Waals surface area contributed by atoms with Gasteiger partial charge in [-0.15, -0.1) is 0 Å². The van der Waals surface area contributed by atoms with Crippen molar-refractivity contribution in [1.82, 2.24) is 9.97 Å². The van der Waals surface area contributed by atoms with Crippen LogP contribution in [0.1, 0.15) is 6.42 Å². The maximum Gasteiger partial charge on any atom is 0.308 e. The normalized spacial score (nSPS) is 10.1. The Bertz CT molecular complexity index is 918. The van der Waals surface area contributed by atoms with Crippen molar-refractivity contribution in [2.75, 3.05) is 23.8 Å². The summed E-state index contributed by atoms with van der Waals surface area (Å²) in [6, 6.07) is 18.0. The van der Waals surface area contributed by atoms with E-state index in [0.717, 1.165) is 5.75 Å². The zero-order valence-corrected chi connectivity index (χ0v) is 15.6. The molecule has 1 aromatic heterocycles. The average molecular weight is 392 g/mol. The largest absolute Gasteiger partial charge is 0.457 e. The van der Waals surface area contributed by atoms with Crippen molar-refractivity contribution in [2.24, 2.45) is 0 Å². The molecule has 8 nitrogen and oxygen atoms in total. The first-order valence-corrected chi connectivity index (χ1v) is 8.98. The molecular formula is C21H20N4O4. The molecule has 0 aliphatic heterocycles. The molecule has 0 radical (unpaired) electrons. The first-order valence-electron chi connectivity index (χ1n) is 8.98. The number of amides is 1. The van der Waals surface area contributed by atoms with E-state index in [0.29, 0.717) is 23.9 Å². The van der Waals surface area contributed by atoms with Gasteiger partial charge in [-0.2, -0.15) is 0 Å². The lowest BCUT2D eigenvalue weighted by Crippen LogP contribution is -2.22. The summed E-state index contributed by atoms with van der Waals surface area (Å²) in [5, 5.41) is 5.55. The van der Waals surface area contributed by atoms with Crippen LogP contribution in [0, 0.1) is 0 Å². The zero-order chi connectivity index (χ0) is 20.3. The molecule has 2 aromatic carbocycles. The molecule has 148 valence electrons. The number of esters is 1. The van der Waals surface area contributed by atoms with Gasteiger partial charge in [-0.1, -0.05) is 18.2 Å². The third-order valence-electron chi connectivity index (χ3n) is 3.66. The third kappa shape index (κ3) is 6.94. The summed E-state index contributed by atoms with van der Waals surface area (Å²) in [7, 11) is 0. The number of ether oxygens (including phenoxy) is 2. The average Bonchev–Trinajstić information content (AvgIpc) is 2.75. The summed E-state index contributed by atoms with van der Waals surface area (Å²) in [5.41, 5.74) is 0.578. The van der Waals surface area contributed by atoms with E-state index >= 15 is 0 Å². The standard InChI is InChI=1S/C21H20N4O4/c26-19(15-28-20(27)11-14-24-21-22-12-4-13-23-21)25-16-7-9-18(10-8-16)29-17-5-2-1-3-6-17/h1-10,12-13H,11,14-15H2,(H,25,26)(H,22,23,24). The molecule has 0 aliphatic rings. The van der Waals surface area contributed by atoms with E-state index in [-0.39, 0.29) is 13.0 Å². The van der Waals surface area contributed by atoms with Gasteiger partial charge in [0.15, 0.2) is 6.61 Å². The van der Waals surface area contributed by atoms with Crippen LogP contribution in [0.3, 0.4) is 0 Å². The number of rotatable bonds is 9. The fraction of sp³-hybridized carbons (Fsp3) is 0.143. The molecule has 3 rings (SSSR count). The Labute approximate surface area is 167 Å². The molecule has 3 aromatic rings. The van der Waals surface area contributed by atoms with Gasteiger partial charge < -0.3 is 20.1 Å². The van der Waals surface area contributed by atoms with Crippen molar-refractivity contribution in [1.29, 1.82) is 0 Å². The highest BCUT2D eigenvalue weighted by Gasteiger charge is 2.08. The minimum atomic E-state index is -0.491. The van der Waals surface area contributed by atoms with Crippen molar-refractivity contribution < 1.29 is 19.1 Å². The van der Waals surface area contributed by atoms with E-state index in [2.05, 4.69) is 20.6 Å². The summed E-state index contributed by atoms with van der Waals surface area (Å²) < 4.78 is 10.7. The van der Waals surface area contributed by atoms with Crippen molar-refractivity contribution in [3.05, 3.63) is 73.1 Å². The van der Waals surface area contributed by atoms with Crippen molar-refractivity contribution in [2.45, 2.75) is 6.42 Å². The van der Waals surface area contributed by atoms with Gasteiger partial charge in [-0.05, 0) is 42.5 Å². The van der Waals surface area contributed by atoms with Crippen molar-refractivity contribution in [3.8, 4) is 11.5 Å². The third-order valence-corrected chi connectivity index (χ3v) is 3.66. The van der Waals surface area contributed by atoms with Gasteiger partial charge in [0.05, 0.1) is 6.42 Å². The molecule has 0 atom stereocenters. The fourth-order valence-corrected chi connectivity index (χ4v) is 2.31. The second-order valence-corrected chi connectivity index (χ2v) is 5.90. The van der Waals surface area contributed by atoms with Gasteiger partial charge >= 0.3 is 5.97 Å². The van der Waals surface area contributed by atoms with Crippen LogP contribution in [0.25, 0.3) is 0 Å². The number of nitrogens with one attached hydrogen (secondary N) is 2. The van der Waals surface area contributed by atoms with E-state index < -0.39 is 11.9 Å². The maximum atomic E-state index is 11.9. The van der Waals surface area contributed by atoms with Crippen LogP contribution in [0.2, 0.25) is 0 Å². The van der Waals surface area contributed by atoms with Gasteiger partial charge in [-0.25, -0.2) is 9.97 Å². The van der Waals surface area contributed by atoms with Crippen LogP contribution in [-0.4, -0.2) is 35.0 Å². The SMILES string of the molecule is O=C(COC(=O)CCNc1ncccn1)Nc1ccc(Oc2ccccc2)cc1. The lowest BCUT2D eigenvalue weighted by molar-refractivity contribution is -0.147. The predicted molar refractivity (Wildman–Crippen MR) is 108 cm³/mol. The minimum Gasteiger partial charge on any atom is -0.457 e. The Balaban J connectivity index is 1.36. The van der Waals surface area contributed by atoms with E-state index in [1.54, 1.807) is 42.7 Å². The summed E-state index contributed by atoms with van der Waals surface area (Å²) >= 11 is 0. The molecule has 0 unspecified atom stereocenters. The van der Waals surface area contributed by atoms with Crippen molar-refractivity contribution >= 4 is 23.5 Å². The van der Waals surface area contributed by atoms with E-state index in [9.17, 15) is 9.59 Å². The Morgan fingerprint density at radius 2 is 1.55 bits per heavy atom. The molecule has 0 fully saturated rings. The van der Waals surface area contributed by atoms with Crippen LogP contribution in [0.15, 0.2) is 73.1 Å². The highest BCUT2D eigenvalue weighted by molar-refractivity contribution is 5.92. The first kappa shape index (κ1) is 19.8. The number of anilines is 2. The van der Waals surface area contributed by atoms with E-state index in [4.69, 9.17) is 9.47 Å². The van der Waals surface area contributed by atoms with Crippen molar-refractivity contribution in [3.63, 3.8) is 0 Å². The Morgan fingerprint density at radius 1 is 0.862 bits per heavy atom. The minimum absolute atomic E-state index is 0.0943. The Kier molecular flexibility index (Phi) is 7.11. The first-order chi connectivity index (χ1) is 14.2.